The number of allylic oxidation sites excluding steroid dienone is 1. The molecule has 1 aromatic heterocycles. The minimum absolute atomic E-state index is 0.0345. The maximum absolute atomic E-state index is 11.8. The molecule has 5 rings (SSSR count). The van der Waals surface area contributed by atoms with E-state index in [-0.39, 0.29) is 11.4 Å². The molecule has 12 heteroatoms. The lowest BCUT2D eigenvalue weighted by Gasteiger charge is -2.43. The van der Waals surface area contributed by atoms with E-state index in [1.807, 2.05) is 42.1 Å². The summed E-state index contributed by atoms with van der Waals surface area (Å²) in [6.45, 7) is 5.40. The maximum Gasteiger partial charge on any atom is 0.333 e. The molecule has 4 aliphatic heterocycles. The Labute approximate surface area is 208 Å². The molecule has 4 aliphatic rings. The van der Waals surface area contributed by atoms with E-state index in [1.54, 1.807) is 12.5 Å². The highest BCUT2D eigenvalue weighted by molar-refractivity contribution is 7.99. The number of hydrazine groups is 1. The molecule has 0 amide bonds. The molecule has 0 bridgehead atoms. The Morgan fingerprint density at radius 1 is 1.34 bits per heavy atom. The van der Waals surface area contributed by atoms with Gasteiger partial charge in [0.2, 0.25) is 0 Å². The first-order valence-electron chi connectivity index (χ1n) is 11.6. The van der Waals surface area contributed by atoms with Crippen molar-refractivity contribution in [3.8, 4) is 0 Å². The van der Waals surface area contributed by atoms with Crippen LogP contribution in [0.2, 0.25) is 0 Å². The number of nitrogens with zero attached hydrogens (tertiary/aromatic N) is 6. The van der Waals surface area contributed by atoms with Crippen molar-refractivity contribution in [2.45, 2.75) is 38.4 Å². The average Bonchev–Trinajstić information content (AvgIpc) is 3.22. The second kappa shape index (κ2) is 9.51. The molecular formula is C23H30N8O3S. The molecule has 0 aliphatic carbocycles. The number of aliphatic hydroxyl groups excluding tert-OH is 1. The van der Waals surface area contributed by atoms with Crippen LogP contribution in [0, 0.1) is 18.8 Å². The summed E-state index contributed by atoms with van der Waals surface area (Å²) in [6.07, 6.45) is 7.84. The van der Waals surface area contributed by atoms with Crippen LogP contribution in [0.1, 0.15) is 24.5 Å². The largest absolute Gasteiger partial charge is 0.478 e. The monoisotopic (exact) mass is 498 g/mol. The van der Waals surface area contributed by atoms with Crippen molar-refractivity contribution in [3.63, 3.8) is 0 Å². The number of hydrogen-bond acceptors (Lipinski definition) is 11. The summed E-state index contributed by atoms with van der Waals surface area (Å²) in [5, 5.41) is 20.2. The molecule has 1 aromatic rings. The molecule has 1 fully saturated rings. The summed E-state index contributed by atoms with van der Waals surface area (Å²) >= 11 is 1.36. The molecule has 0 radical (unpaired) electrons. The van der Waals surface area contributed by atoms with E-state index in [4.69, 9.17) is 4.98 Å². The standard InChI is InChI=1S/C23H30N8O3S/c1-13-4-5-18(24-8-13)27-28-21(32)16-9-30(10-16)19-6-14(2)17-7-15(22(33)34)11-31(20(17)26-19)23-29(3)12-25-35-23/h5-6,8,11-13,16,21,23,27-28,32H,4,7,9-10H2,1-3H3,(H,33,34). The second-order valence-corrected chi connectivity index (χ2v) is 10.3. The number of carboxylic acid groups (broad SMARTS) is 1. The third-order valence-electron chi connectivity index (χ3n) is 6.64. The van der Waals surface area contributed by atoms with Crippen LogP contribution in [0.3, 0.4) is 0 Å². The molecule has 186 valence electrons. The number of fused-ring (bicyclic) bond motifs is 1. The van der Waals surface area contributed by atoms with Gasteiger partial charge < -0.3 is 30.3 Å². The highest BCUT2D eigenvalue weighted by Crippen LogP contribution is 2.39. The minimum Gasteiger partial charge on any atom is -0.478 e. The normalized spacial score (nSPS) is 24.6. The van der Waals surface area contributed by atoms with Crippen LogP contribution < -0.4 is 20.7 Å². The third-order valence-corrected chi connectivity index (χ3v) is 7.61. The number of nitrogens with one attached hydrogen (secondary N) is 2. The van der Waals surface area contributed by atoms with Crippen LogP contribution in [-0.2, 0) is 11.2 Å². The van der Waals surface area contributed by atoms with Crippen LogP contribution in [0.15, 0.2) is 39.1 Å². The van der Waals surface area contributed by atoms with Gasteiger partial charge in [-0.3, -0.25) is 0 Å². The van der Waals surface area contributed by atoms with Crippen LogP contribution in [-0.4, -0.2) is 70.5 Å². The Bertz CT molecular complexity index is 1130. The van der Waals surface area contributed by atoms with Crippen LogP contribution in [0.5, 0.6) is 0 Å². The molecule has 0 aromatic carbocycles. The van der Waals surface area contributed by atoms with E-state index in [1.165, 1.54) is 11.9 Å². The Morgan fingerprint density at radius 2 is 2.14 bits per heavy atom. The fraction of sp³-hybridized carbons (Fsp3) is 0.478. The first kappa shape index (κ1) is 23.6. The van der Waals surface area contributed by atoms with E-state index in [2.05, 4.69) is 32.1 Å². The Morgan fingerprint density at radius 3 is 2.80 bits per heavy atom. The van der Waals surface area contributed by atoms with Crippen LogP contribution >= 0.6 is 11.9 Å². The quantitative estimate of drug-likeness (QED) is 0.249. The van der Waals surface area contributed by atoms with Gasteiger partial charge in [-0.2, -0.15) is 0 Å². The number of aliphatic carboxylic acids is 1. The van der Waals surface area contributed by atoms with E-state index in [9.17, 15) is 15.0 Å². The summed E-state index contributed by atoms with van der Waals surface area (Å²) in [4.78, 5) is 27.0. The third kappa shape index (κ3) is 4.73. The van der Waals surface area contributed by atoms with Gasteiger partial charge in [0.15, 0.2) is 5.50 Å². The maximum atomic E-state index is 11.8. The molecule has 4 N–H and O–H groups in total. The lowest BCUT2D eigenvalue weighted by atomic mass is 9.96. The SMILES string of the molecule is Cc1cc(N2CC(C(O)NNC3=CCC(C)C=N3)C2)nc2c1CC(C(=O)O)=CN2C1SN=CN1C. The Kier molecular flexibility index (Phi) is 6.43. The summed E-state index contributed by atoms with van der Waals surface area (Å²) < 4.78 is 4.26. The number of carbonyl (C=O) groups is 1. The number of rotatable bonds is 7. The predicted octanol–water partition coefficient (Wildman–Crippen LogP) is 1.43. The second-order valence-electron chi connectivity index (χ2n) is 9.42. The number of hydrogen-bond donors (Lipinski definition) is 4. The van der Waals surface area contributed by atoms with E-state index >= 15 is 0 Å². The van der Waals surface area contributed by atoms with Gasteiger partial charge in [0.1, 0.15) is 30.0 Å². The van der Waals surface area contributed by atoms with Crippen molar-refractivity contribution in [1.82, 2.24) is 20.7 Å². The van der Waals surface area contributed by atoms with Crippen LogP contribution in [0.4, 0.5) is 11.6 Å². The number of carboxylic acids is 1. The lowest BCUT2D eigenvalue weighted by molar-refractivity contribution is -0.132. The Hall–Kier alpha value is -3.09. The predicted molar refractivity (Wildman–Crippen MR) is 137 cm³/mol. The number of aliphatic hydroxyl groups is 1. The molecule has 0 spiro atoms. The van der Waals surface area contributed by atoms with Crippen molar-refractivity contribution >= 4 is 42.1 Å². The van der Waals surface area contributed by atoms with Crippen molar-refractivity contribution in [3.05, 3.63) is 40.9 Å². The number of aliphatic imine (C=N–C) groups is 1. The van der Waals surface area contributed by atoms with Gasteiger partial charge in [-0.25, -0.2) is 24.6 Å². The highest BCUT2D eigenvalue weighted by atomic mass is 32.2. The molecule has 3 atom stereocenters. The summed E-state index contributed by atoms with van der Waals surface area (Å²) in [5.41, 5.74) is 7.98. The molecule has 0 saturated carbocycles. The minimum atomic E-state index is -0.930. The molecular weight excluding hydrogens is 468 g/mol. The molecule has 35 heavy (non-hydrogen) atoms. The van der Waals surface area contributed by atoms with Gasteiger partial charge in [0.25, 0.3) is 0 Å². The molecule has 1 saturated heterocycles. The van der Waals surface area contributed by atoms with Crippen molar-refractivity contribution in [2.24, 2.45) is 21.2 Å². The number of aromatic nitrogens is 1. The zero-order chi connectivity index (χ0) is 24.7. The summed E-state index contributed by atoms with van der Waals surface area (Å²) in [7, 11) is 1.91. The highest BCUT2D eigenvalue weighted by Gasteiger charge is 2.37. The van der Waals surface area contributed by atoms with Crippen molar-refractivity contribution < 1.29 is 15.0 Å². The molecule has 5 heterocycles. The lowest BCUT2D eigenvalue weighted by Crippen LogP contribution is -2.58. The number of aryl methyl sites for hydroxylation is 1. The van der Waals surface area contributed by atoms with Gasteiger partial charge >= 0.3 is 5.97 Å². The number of anilines is 2. The molecule has 3 unspecified atom stereocenters. The van der Waals surface area contributed by atoms with Crippen LogP contribution in [0.25, 0.3) is 0 Å². The first-order valence-corrected chi connectivity index (χ1v) is 12.5. The fourth-order valence-corrected chi connectivity index (χ4v) is 5.20. The average molecular weight is 499 g/mol. The first-order chi connectivity index (χ1) is 16.8. The number of pyridine rings is 1. The van der Waals surface area contributed by atoms with Gasteiger partial charge in [-0.1, -0.05) is 6.92 Å². The Balaban J connectivity index is 1.28. The topological polar surface area (TPSA) is 129 Å². The summed E-state index contributed by atoms with van der Waals surface area (Å²) in [6, 6.07) is 2.00. The zero-order valence-corrected chi connectivity index (χ0v) is 20.7. The van der Waals surface area contributed by atoms with E-state index in [0.29, 0.717) is 31.0 Å². The van der Waals surface area contributed by atoms with E-state index in [0.717, 1.165) is 35.0 Å². The molecule has 11 nitrogen and oxygen atoms in total. The van der Waals surface area contributed by atoms with Gasteiger partial charge in [0, 0.05) is 62.4 Å². The van der Waals surface area contributed by atoms with Crippen molar-refractivity contribution in [2.75, 3.05) is 29.9 Å². The van der Waals surface area contributed by atoms with Gasteiger partial charge in [0.05, 0.1) is 5.57 Å². The summed E-state index contributed by atoms with van der Waals surface area (Å²) in [5.74, 6) is 1.82. The van der Waals surface area contributed by atoms with Gasteiger partial charge in [-0.15, -0.1) is 0 Å². The zero-order valence-electron chi connectivity index (χ0n) is 19.9. The smallest absolute Gasteiger partial charge is 0.333 e. The fourth-order valence-electron chi connectivity index (χ4n) is 4.43. The van der Waals surface area contributed by atoms with Crippen molar-refractivity contribution in [1.29, 1.82) is 0 Å². The van der Waals surface area contributed by atoms with Gasteiger partial charge in [-0.05, 0) is 37.0 Å². The van der Waals surface area contributed by atoms with E-state index < -0.39 is 12.2 Å².